The number of piperazine rings is 1. The van der Waals surface area contributed by atoms with E-state index in [0.717, 1.165) is 77.9 Å². The number of aliphatic hydroxyl groups excluding tert-OH is 1. The van der Waals surface area contributed by atoms with Crippen molar-refractivity contribution in [1.29, 1.82) is 0 Å². The molecule has 10 heteroatoms. The molecule has 7 rings (SSSR count). The number of aliphatic hydroxyl groups is 1. The summed E-state index contributed by atoms with van der Waals surface area (Å²) in [6.07, 6.45) is 3.98. The van der Waals surface area contributed by atoms with Gasteiger partial charge in [-0.05, 0) is 63.2 Å². The molecule has 0 saturated carbocycles. The number of fused-ring (bicyclic) bond motifs is 4. The van der Waals surface area contributed by atoms with Gasteiger partial charge in [0.05, 0.1) is 24.3 Å². The fraction of sp³-hybridized carbons (Fsp3) is 0.485. The first kappa shape index (κ1) is 27.7. The molecule has 0 spiro atoms. The molecule has 3 fully saturated rings. The summed E-state index contributed by atoms with van der Waals surface area (Å²) >= 11 is 0. The van der Waals surface area contributed by atoms with Crippen LogP contribution in [0.15, 0.2) is 36.4 Å². The van der Waals surface area contributed by atoms with E-state index in [-0.39, 0.29) is 18.7 Å². The SMILES string of the molecule is CN1CCC[C@H]1COc1nc2c(c(N3C[C@H]4CC[C@@H](C3)N4C(=O)O)n1)CCN(c1cccc3cccc(C#CCO)c13)C2. The van der Waals surface area contributed by atoms with Crippen molar-refractivity contribution >= 4 is 28.4 Å². The molecule has 1 amide bonds. The first-order valence-corrected chi connectivity index (χ1v) is 15.4. The lowest BCUT2D eigenvalue weighted by Gasteiger charge is -2.41. The molecule has 0 unspecified atom stereocenters. The lowest BCUT2D eigenvalue weighted by molar-refractivity contribution is 0.114. The van der Waals surface area contributed by atoms with Crippen molar-refractivity contribution in [3.05, 3.63) is 53.2 Å². The number of anilines is 2. The molecule has 3 atom stereocenters. The van der Waals surface area contributed by atoms with Gasteiger partial charge in [-0.15, -0.1) is 0 Å². The van der Waals surface area contributed by atoms with Crippen molar-refractivity contribution in [3.8, 4) is 17.9 Å². The summed E-state index contributed by atoms with van der Waals surface area (Å²) in [6, 6.07) is 13.1. The molecule has 3 aromatic rings. The zero-order valence-electron chi connectivity index (χ0n) is 24.6. The third-order valence-electron chi connectivity index (χ3n) is 9.63. The molecule has 0 aliphatic carbocycles. The molecule has 5 heterocycles. The van der Waals surface area contributed by atoms with Crippen LogP contribution in [-0.2, 0) is 13.0 Å². The number of likely N-dealkylation sites (N-methyl/N-ethyl adjacent to an activating group) is 1. The Labute approximate surface area is 251 Å². The largest absolute Gasteiger partial charge is 0.465 e. The monoisotopic (exact) mass is 582 g/mol. The maximum atomic E-state index is 12.0. The summed E-state index contributed by atoms with van der Waals surface area (Å²) in [7, 11) is 2.14. The van der Waals surface area contributed by atoms with Gasteiger partial charge in [0.25, 0.3) is 0 Å². The molecular formula is C33H38N6O4. The van der Waals surface area contributed by atoms with E-state index >= 15 is 0 Å². The number of likely N-dealkylation sites (tertiary alicyclic amines) is 1. The maximum absolute atomic E-state index is 12.0. The topological polar surface area (TPSA) is 106 Å². The van der Waals surface area contributed by atoms with Crippen LogP contribution in [0.5, 0.6) is 6.01 Å². The molecule has 224 valence electrons. The molecule has 0 radical (unpaired) electrons. The Morgan fingerprint density at radius 1 is 1.05 bits per heavy atom. The number of aromatic nitrogens is 2. The van der Waals surface area contributed by atoms with Crippen molar-refractivity contribution in [2.75, 3.05) is 56.2 Å². The van der Waals surface area contributed by atoms with Crippen molar-refractivity contribution in [2.45, 2.75) is 56.8 Å². The van der Waals surface area contributed by atoms with E-state index in [9.17, 15) is 15.0 Å². The van der Waals surface area contributed by atoms with Gasteiger partial charge < -0.3 is 29.6 Å². The molecule has 10 nitrogen and oxygen atoms in total. The second-order valence-electron chi connectivity index (χ2n) is 12.1. The van der Waals surface area contributed by atoms with E-state index in [1.165, 1.54) is 6.42 Å². The van der Waals surface area contributed by atoms with Gasteiger partial charge in [-0.1, -0.05) is 36.1 Å². The summed E-state index contributed by atoms with van der Waals surface area (Å²) in [6.45, 7) is 4.11. The van der Waals surface area contributed by atoms with E-state index in [1.54, 1.807) is 4.90 Å². The zero-order valence-corrected chi connectivity index (χ0v) is 24.6. The summed E-state index contributed by atoms with van der Waals surface area (Å²) in [5.74, 6) is 6.86. The van der Waals surface area contributed by atoms with Gasteiger partial charge in [0, 0.05) is 47.9 Å². The molecule has 2 bridgehead atoms. The van der Waals surface area contributed by atoms with Gasteiger partial charge >= 0.3 is 12.1 Å². The average molecular weight is 583 g/mol. The highest BCUT2D eigenvalue weighted by Crippen LogP contribution is 2.38. The molecule has 3 saturated heterocycles. The number of nitrogens with zero attached hydrogens (tertiary/aromatic N) is 6. The van der Waals surface area contributed by atoms with Crippen molar-refractivity contribution in [3.63, 3.8) is 0 Å². The van der Waals surface area contributed by atoms with Gasteiger partial charge in [0.1, 0.15) is 19.0 Å². The minimum atomic E-state index is -0.824. The van der Waals surface area contributed by atoms with E-state index in [4.69, 9.17) is 14.7 Å². The number of hydrogen-bond donors (Lipinski definition) is 2. The number of benzene rings is 2. The molecular weight excluding hydrogens is 544 g/mol. The highest BCUT2D eigenvalue weighted by atomic mass is 16.5. The highest BCUT2D eigenvalue weighted by Gasteiger charge is 2.44. The lowest BCUT2D eigenvalue weighted by Crippen LogP contribution is -2.56. The molecule has 4 aliphatic rings. The standard InChI is InChI=1S/C33H38N6O4/c1-36-15-4-10-26(36)21-43-32-34-28-20-37(29-11-3-8-22-6-2-7-23(30(22)29)9-5-17-40)16-14-27(28)31(35-32)38-18-24-12-13-25(19-38)39(24)33(41)42/h2-3,6-8,11,24-26,40H,4,10,12-21H2,1H3,(H,41,42)/t24-,25+,26-/m0/s1. The average Bonchev–Trinajstić information content (AvgIpc) is 3.56. The second-order valence-corrected chi connectivity index (χ2v) is 12.1. The molecule has 43 heavy (non-hydrogen) atoms. The number of amides is 1. The van der Waals surface area contributed by atoms with Crippen LogP contribution >= 0.6 is 0 Å². The van der Waals surface area contributed by atoms with Crippen LogP contribution in [0, 0.1) is 11.8 Å². The normalized spacial score (nSPS) is 23.3. The van der Waals surface area contributed by atoms with Crippen LogP contribution in [0.3, 0.4) is 0 Å². The Balaban J connectivity index is 1.24. The van der Waals surface area contributed by atoms with E-state index < -0.39 is 6.09 Å². The Bertz CT molecular complexity index is 1580. The maximum Gasteiger partial charge on any atom is 0.407 e. The van der Waals surface area contributed by atoms with E-state index in [0.29, 0.717) is 38.3 Å². The Hall–Kier alpha value is -4.07. The Morgan fingerprint density at radius 2 is 1.84 bits per heavy atom. The van der Waals surface area contributed by atoms with Gasteiger partial charge in [0.2, 0.25) is 0 Å². The predicted molar refractivity (Wildman–Crippen MR) is 165 cm³/mol. The first-order valence-electron chi connectivity index (χ1n) is 15.4. The number of carbonyl (C=O) groups is 1. The van der Waals surface area contributed by atoms with Crippen molar-refractivity contribution in [2.24, 2.45) is 0 Å². The van der Waals surface area contributed by atoms with Gasteiger partial charge in [-0.3, -0.25) is 4.90 Å². The highest BCUT2D eigenvalue weighted by molar-refractivity contribution is 5.99. The van der Waals surface area contributed by atoms with E-state index in [2.05, 4.69) is 57.9 Å². The Kier molecular flexibility index (Phi) is 7.45. The third kappa shape index (κ3) is 5.21. The van der Waals surface area contributed by atoms with Gasteiger partial charge in [-0.2, -0.15) is 9.97 Å². The first-order chi connectivity index (χ1) is 21.0. The smallest absolute Gasteiger partial charge is 0.407 e. The number of carboxylic acid groups (broad SMARTS) is 1. The molecule has 1 aromatic heterocycles. The fourth-order valence-electron chi connectivity index (χ4n) is 7.49. The van der Waals surface area contributed by atoms with Crippen LogP contribution < -0.4 is 14.5 Å². The molecule has 4 aliphatic heterocycles. The Morgan fingerprint density at radius 3 is 2.56 bits per heavy atom. The second kappa shape index (κ2) is 11.5. The molecule has 2 aromatic carbocycles. The summed E-state index contributed by atoms with van der Waals surface area (Å²) in [5, 5.41) is 21.3. The molecule has 2 N–H and O–H groups in total. The summed E-state index contributed by atoms with van der Waals surface area (Å²) in [5.41, 5.74) is 4.07. The van der Waals surface area contributed by atoms with Crippen LogP contribution in [0.1, 0.15) is 42.5 Å². The lowest BCUT2D eigenvalue weighted by atomic mass is 9.99. The minimum Gasteiger partial charge on any atom is -0.465 e. The van der Waals surface area contributed by atoms with Gasteiger partial charge in [0.15, 0.2) is 0 Å². The quantitative estimate of drug-likeness (QED) is 0.438. The van der Waals surface area contributed by atoms with Crippen LogP contribution in [-0.4, -0.2) is 101 Å². The summed E-state index contributed by atoms with van der Waals surface area (Å²) < 4.78 is 6.31. The third-order valence-corrected chi connectivity index (χ3v) is 9.63. The minimum absolute atomic E-state index is 0.0207. The number of ether oxygens (including phenoxy) is 1. The van der Waals surface area contributed by atoms with Gasteiger partial charge in [-0.25, -0.2) is 4.79 Å². The zero-order chi connectivity index (χ0) is 29.5. The number of hydrogen-bond acceptors (Lipinski definition) is 8. The van der Waals surface area contributed by atoms with E-state index in [1.807, 2.05) is 12.1 Å². The summed E-state index contributed by atoms with van der Waals surface area (Å²) in [4.78, 5) is 30.6. The van der Waals surface area contributed by atoms with Crippen LogP contribution in [0.4, 0.5) is 16.3 Å². The number of rotatable bonds is 5. The van der Waals surface area contributed by atoms with Crippen molar-refractivity contribution in [1.82, 2.24) is 19.8 Å². The predicted octanol–water partition coefficient (Wildman–Crippen LogP) is 3.34. The van der Waals surface area contributed by atoms with Crippen LogP contribution in [0.2, 0.25) is 0 Å². The van der Waals surface area contributed by atoms with Crippen LogP contribution in [0.25, 0.3) is 10.8 Å². The van der Waals surface area contributed by atoms with Crippen molar-refractivity contribution < 1.29 is 19.7 Å². The fourth-order valence-corrected chi connectivity index (χ4v) is 7.49.